The predicted octanol–water partition coefficient (Wildman–Crippen LogP) is 2.78. The van der Waals surface area contributed by atoms with Crippen LogP contribution in [0, 0.1) is 11.3 Å². The van der Waals surface area contributed by atoms with Gasteiger partial charge in [-0.15, -0.1) is 0 Å². The molecule has 0 spiro atoms. The normalized spacial score (nSPS) is 14.6. The summed E-state index contributed by atoms with van der Waals surface area (Å²) in [5, 5.41) is 12.8. The molecule has 0 aliphatic carbocycles. The zero-order chi connectivity index (χ0) is 13.1. The quantitative estimate of drug-likeness (QED) is 0.637. The van der Waals surface area contributed by atoms with Crippen molar-refractivity contribution in [3.63, 3.8) is 0 Å². The van der Waals surface area contributed by atoms with Crippen LogP contribution in [0.1, 0.15) is 53.4 Å². The lowest BCUT2D eigenvalue weighted by molar-refractivity contribution is 0.277. The number of hydrogen-bond acceptors (Lipinski definition) is 3. The molecule has 100 valence electrons. The second-order valence-electron chi connectivity index (χ2n) is 4.60. The maximum absolute atomic E-state index is 9.36. The molecule has 0 saturated heterocycles. The number of nitrogens with zero attached hydrogens (tertiary/aromatic N) is 2. The van der Waals surface area contributed by atoms with E-state index >= 15 is 0 Å². The molecule has 1 atom stereocenters. The van der Waals surface area contributed by atoms with E-state index in [0.29, 0.717) is 0 Å². The van der Waals surface area contributed by atoms with Gasteiger partial charge in [-0.25, -0.2) is 0 Å². The Kier molecular flexibility index (Phi) is 9.11. The summed E-state index contributed by atoms with van der Waals surface area (Å²) in [4.78, 5) is 2.38. The molecule has 3 heteroatoms. The van der Waals surface area contributed by atoms with Gasteiger partial charge in [0.25, 0.3) is 0 Å². The van der Waals surface area contributed by atoms with Gasteiger partial charge in [0, 0.05) is 13.1 Å². The van der Waals surface area contributed by atoms with E-state index in [2.05, 4.69) is 44.0 Å². The third kappa shape index (κ3) is 6.05. The van der Waals surface area contributed by atoms with E-state index in [1.54, 1.807) is 0 Å². The first-order valence-corrected chi connectivity index (χ1v) is 7.06. The van der Waals surface area contributed by atoms with Crippen molar-refractivity contribution in [3.05, 3.63) is 0 Å². The largest absolute Gasteiger partial charge is 0.303 e. The number of unbranched alkanes of at least 4 members (excludes halogenated alkanes) is 1. The van der Waals surface area contributed by atoms with Gasteiger partial charge in [-0.2, -0.15) is 5.26 Å². The first-order chi connectivity index (χ1) is 8.17. The Labute approximate surface area is 107 Å². The van der Waals surface area contributed by atoms with Crippen LogP contribution in [0.5, 0.6) is 0 Å². The highest BCUT2D eigenvalue weighted by molar-refractivity contribution is 5.06. The zero-order valence-corrected chi connectivity index (χ0v) is 12.1. The van der Waals surface area contributed by atoms with Crippen molar-refractivity contribution in [1.29, 1.82) is 5.26 Å². The monoisotopic (exact) mass is 239 g/mol. The highest BCUT2D eigenvalue weighted by Gasteiger charge is 2.26. The van der Waals surface area contributed by atoms with Gasteiger partial charge in [-0.05, 0) is 25.9 Å². The molecule has 3 nitrogen and oxygen atoms in total. The number of rotatable bonds is 10. The zero-order valence-electron chi connectivity index (χ0n) is 12.1. The van der Waals surface area contributed by atoms with E-state index < -0.39 is 0 Å². The fourth-order valence-electron chi connectivity index (χ4n) is 2.04. The predicted molar refractivity (Wildman–Crippen MR) is 74.0 cm³/mol. The Hall–Kier alpha value is -0.590. The van der Waals surface area contributed by atoms with Gasteiger partial charge >= 0.3 is 0 Å². The van der Waals surface area contributed by atoms with Gasteiger partial charge in [0.1, 0.15) is 5.54 Å². The second-order valence-corrected chi connectivity index (χ2v) is 4.60. The molecular weight excluding hydrogens is 210 g/mol. The van der Waals surface area contributed by atoms with Crippen molar-refractivity contribution in [2.75, 3.05) is 26.2 Å². The number of nitrogens with one attached hydrogen (secondary N) is 1. The number of likely N-dealkylation sites (N-methyl/N-ethyl adjacent to an activating group) is 1. The molecule has 0 radical (unpaired) electrons. The standard InChI is InChI=1S/C14H29N3/c1-5-9-10-14(6-2,13-15)16-11-12-17(7-3)8-4/h16H,5-12H2,1-4H3. The molecular formula is C14H29N3. The maximum atomic E-state index is 9.36. The molecule has 17 heavy (non-hydrogen) atoms. The molecule has 0 fully saturated rings. The van der Waals surface area contributed by atoms with Crippen LogP contribution in [0.15, 0.2) is 0 Å². The number of hydrogen-bond donors (Lipinski definition) is 1. The molecule has 0 aliphatic rings. The minimum atomic E-state index is -0.302. The summed E-state index contributed by atoms with van der Waals surface area (Å²) in [6.45, 7) is 12.7. The van der Waals surface area contributed by atoms with Gasteiger partial charge in [0.15, 0.2) is 0 Å². The second kappa shape index (κ2) is 9.44. The van der Waals surface area contributed by atoms with Crippen LogP contribution in [0.25, 0.3) is 0 Å². The van der Waals surface area contributed by atoms with Crippen LogP contribution in [0.4, 0.5) is 0 Å². The first kappa shape index (κ1) is 16.4. The minimum absolute atomic E-state index is 0.302. The summed E-state index contributed by atoms with van der Waals surface area (Å²) >= 11 is 0. The molecule has 0 aromatic heterocycles. The number of nitriles is 1. The minimum Gasteiger partial charge on any atom is -0.303 e. The van der Waals surface area contributed by atoms with Crippen LogP contribution in [-0.4, -0.2) is 36.6 Å². The lowest BCUT2D eigenvalue weighted by atomic mass is 9.91. The van der Waals surface area contributed by atoms with Crippen LogP contribution >= 0.6 is 0 Å². The molecule has 0 aromatic rings. The smallest absolute Gasteiger partial charge is 0.106 e. The fourth-order valence-corrected chi connectivity index (χ4v) is 2.04. The molecule has 0 saturated carbocycles. The highest BCUT2D eigenvalue weighted by Crippen LogP contribution is 2.17. The van der Waals surface area contributed by atoms with Gasteiger partial charge in [0.05, 0.1) is 6.07 Å². The average molecular weight is 239 g/mol. The summed E-state index contributed by atoms with van der Waals surface area (Å²) in [6, 6.07) is 2.48. The van der Waals surface area contributed by atoms with Crippen molar-refractivity contribution < 1.29 is 0 Å². The lowest BCUT2D eigenvalue weighted by Gasteiger charge is -2.28. The Balaban J connectivity index is 4.13. The molecule has 1 unspecified atom stereocenters. The highest BCUT2D eigenvalue weighted by atomic mass is 15.1. The van der Waals surface area contributed by atoms with Gasteiger partial charge in [-0.1, -0.05) is 40.5 Å². The topological polar surface area (TPSA) is 39.1 Å². The third-order valence-electron chi connectivity index (χ3n) is 3.56. The van der Waals surface area contributed by atoms with E-state index in [1.807, 2.05) is 0 Å². The van der Waals surface area contributed by atoms with Crippen molar-refractivity contribution in [2.45, 2.75) is 58.9 Å². The van der Waals surface area contributed by atoms with Crippen LogP contribution < -0.4 is 5.32 Å². The Morgan fingerprint density at radius 3 is 2.24 bits per heavy atom. The van der Waals surface area contributed by atoms with E-state index in [1.165, 1.54) is 0 Å². The van der Waals surface area contributed by atoms with Crippen LogP contribution in [0.3, 0.4) is 0 Å². The Morgan fingerprint density at radius 2 is 1.82 bits per heavy atom. The van der Waals surface area contributed by atoms with Crippen molar-refractivity contribution in [2.24, 2.45) is 0 Å². The van der Waals surface area contributed by atoms with E-state index in [9.17, 15) is 5.26 Å². The fraction of sp³-hybridized carbons (Fsp3) is 0.929. The summed E-state index contributed by atoms with van der Waals surface area (Å²) in [5.41, 5.74) is -0.302. The van der Waals surface area contributed by atoms with Crippen molar-refractivity contribution in [3.8, 4) is 6.07 Å². The summed E-state index contributed by atoms with van der Waals surface area (Å²) in [5.74, 6) is 0. The molecule has 0 heterocycles. The molecule has 0 aliphatic heterocycles. The first-order valence-electron chi connectivity index (χ1n) is 7.06. The van der Waals surface area contributed by atoms with Gasteiger partial charge < -0.3 is 4.90 Å². The lowest BCUT2D eigenvalue weighted by Crippen LogP contribution is -2.46. The molecule has 0 rings (SSSR count). The van der Waals surface area contributed by atoms with E-state index in [-0.39, 0.29) is 5.54 Å². The Bertz CT molecular complexity index is 218. The van der Waals surface area contributed by atoms with Gasteiger partial charge in [0.2, 0.25) is 0 Å². The molecule has 0 amide bonds. The Morgan fingerprint density at radius 1 is 1.18 bits per heavy atom. The van der Waals surface area contributed by atoms with Crippen molar-refractivity contribution in [1.82, 2.24) is 10.2 Å². The van der Waals surface area contributed by atoms with Crippen LogP contribution in [-0.2, 0) is 0 Å². The van der Waals surface area contributed by atoms with E-state index in [4.69, 9.17) is 0 Å². The molecule has 1 N–H and O–H groups in total. The summed E-state index contributed by atoms with van der Waals surface area (Å²) < 4.78 is 0. The van der Waals surface area contributed by atoms with Crippen LogP contribution in [0.2, 0.25) is 0 Å². The van der Waals surface area contributed by atoms with Crippen molar-refractivity contribution >= 4 is 0 Å². The van der Waals surface area contributed by atoms with E-state index in [0.717, 1.165) is 51.9 Å². The van der Waals surface area contributed by atoms with Gasteiger partial charge in [-0.3, -0.25) is 5.32 Å². The summed E-state index contributed by atoms with van der Waals surface area (Å²) in [7, 11) is 0. The molecule has 0 aromatic carbocycles. The third-order valence-corrected chi connectivity index (χ3v) is 3.56. The maximum Gasteiger partial charge on any atom is 0.106 e. The average Bonchev–Trinajstić information content (AvgIpc) is 2.39. The SMILES string of the molecule is CCCCC(C#N)(CC)NCCN(CC)CC. The molecule has 0 bridgehead atoms. The summed E-state index contributed by atoms with van der Waals surface area (Å²) in [6.07, 6.45) is 4.14.